The highest BCUT2D eigenvalue weighted by Crippen LogP contribution is 2.22. The molecule has 3 aromatic rings. The molecular weight excluding hydrogens is 400 g/mol. The fourth-order valence-electron chi connectivity index (χ4n) is 3.28. The molecule has 0 heterocycles. The predicted octanol–water partition coefficient (Wildman–Crippen LogP) is 4.39. The zero-order valence-corrected chi connectivity index (χ0v) is 18.8. The number of rotatable bonds is 8. The average molecular weight is 431 g/mol. The summed E-state index contributed by atoms with van der Waals surface area (Å²) in [5, 5.41) is 2.76. The quantitative estimate of drug-likeness (QED) is 0.556. The predicted molar refractivity (Wildman–Crippen MR) is 127 cm³/mol. The van der Waals surface area contributed by atoms with Crippen LogP contribution in [0.4, 0.5) is 0 Å². The van der Waals surface area contributed by atoms with Crippen molar-refractivity contribution in [3.63, 3.8) is 0 Å². The summed E-state index contributed by atoms with van der Waals surface area (Å²) in [6.45, 7) is 6.82. The van der Waals surface area contributed by atoms with Crippen molar-refractivity contribution in [1.82, 2.24) is 5.32 Å². The molecule has 3 aromatic carbocycles. The number of nitrogens with one attached hydrogen (secondary N) is 1. The number of carbonyl (C=O) groups excluding carboxylic acids is 2. The van der Waals surface area contributed by atoms with Crippen molar-refractivity contribution in [2.45, 2.75) is 45.3 Å². The molecule has 0 aliphatic carbocycles. The van der Waals surface area contributed by atoms with E-state index in [1.165, 1.54) is 0 Å². The van der Waals surface area contributed by atoms with Gasteiger partial charge in [-0.15, -0.1) is 0 Å². The molecule has 0 spiro atoms. The molecule has 0 fully saturated rings. The summed E-state index contributed by atoms with van der Waals surface area (Å²) in [6.07, 6.45) is 0.306. The van der Waals surface area contributed by atoms with Gasteiger partial charge in [0.05, 0.1) is 0 Å². The second-order valence-electron chi connectivity index (χ2n) is 8.88. The van der Waals surface area contributed by atoms with Gasteiger partial charge in [0.25, 0.3) is 5.91 Å². The van der Waals surface area contributed by atoms with E-state index in [9.17, 15) is 9.59 Å². The SMILES string of the molecule is CC(C)(C)c1ccc(C(=O)N[C@@H](Cc2ccc(OCc3ccccc3)cc2)C(N)=O)cc1. The highest BCUT2D eigenvalue weighted by molar-refractivity contribution is 5.97. The minimum atomic E-state index is -0.805. The lowest BCUT2D eigenvalue weighted by Crippen LogP contribution is -2.45. The van der Waals surface area contributed by atoms with Crippen LogP contribution in [0.2, 0.25) is 0 Å². The maximum Gasteiger partial charge on any atom is 0.251 e. The van der Waals surface area contributed by atoms with Crippen LogP contribution in [0.15, 0.2) is 78.9 Å². The van der Waals surface area contributed by atoms with Crippen molar-refractivity contribution in [3.8, 4) is 5.75 Å². The van der Waals surface area contributed by atoms with Gasteiger partial charge in [0, 0.05) is 12.0 Å². The Kier molecular flexibility index (Phi) is 7.31. The van der Waals surface area contributed by atoms with E-state index in [2.05, 4.69) is 26.1 Å². The molecule has 0 aromatic heterocycles. The van der Waals surface area contributed by atoms with Crippen LogP contribution < -0.4 is 15.8 Å². The van der Waals surface area contributed by atoms with Gasteiger partial charge in [0.1, 0.15) is 18.4 Å². The van der Waals surface area contributed by atoms with Gasteiger partial charge in [-0.3, -0.25) is 9.59 Å². The number of primary amides is 1. The first-order chi connectivity index (χ1) is 15.2. The number of ether oxygens (including phenoxy) is 1. The standard InChI is InChI=1S/C27H30N2O3/c1-27(2,3)22-13-11-21(12-14-22)26(31)29-24(25(28)30)17-19-9-15-23(16-10-19)32-18-20-7-5-4-6-8-20/h4-16,24H,17-18H2,1-3H3,(H2,28,30)(H,29,31)/t24-/m0/s1. The van der Waals surface area contributed by atoms with Crippen molar-refractivity contribution in [1.29, 1.82) is 0 Å². The van der Waals surface area contributed by atoms with Crippen molar-refractivity contribution < 1.29 is 14.3 Å². The van der Waals surface area contributed by atoms with Crippen LogP contribution in [-0.4, -0.2) is 17.9 Å². The number of hydrogen-bond donors (Lipinski definition) is 2. The number of hydrogen-bond acceptors (Lipinski definition) is 3. The van der Waals surface area contributed by atoms with Gasteiger partial charge in [0.15, 0.2) is 0 Å². The molecule has 0 aliphatic heterocycles. The van der Waals surface area contributed by atoms with Gasteiger partial charge < -0.3 is 15.8 Å². The summed E-state index contributed by atoms with van der Waals surface area (Å²) < 4.78 is 5.79. The summed E-state index contributed by atoms with van der Waals surface area (Å²) in [5.41, 5.74) is 9.15. The molecular formula is C27H30N2O3. The van der Waals surface area contributed by atoms with E-state index in [1.54, 1.807) is 12.1 Å². The Balaban J connectivity index is 1.60. The van der Waals surface area contributed by atoms with E-state index >= 15 is 0 Å². The molecule has 0 saturated heterocycles. The first-order valence-corrected chi connectivity index (χ1v) is 10.7. The number of amides is 2. The highest BCUT2D eigenvalue weighted by Gasteiger charge is 2.20. The Hall–Kier alpha value is -3.60. The van der Waals surface area contributed by atoms with Crippen molar-refractivity contribution in [3.05, 3.63) is 101 Å². The number of carbonyl (C=O) groups is 2. The molecule has 2 amide bonds. The topological polar surface area (TPSA) is 81.4 Å². The monoisotopic (exact) mass is 430 g/mol. The van der Waals surface area contributed by atoms with Gasteiger partial charge in [-0.25, -0.2) is 0 Å². The molecule has 1 atom stereocenters. The van der Waals surface area contributed by atoms with Gasteiger partial charge in [-0.05, 0) is 46.4 Å². The lowest BCUT2D eigenvalue weighted by atomic mass is 9.86. The lowest BCUT2D eigenvalue weighted by molar-refractivity contribution is -0.119. The summed E-state index contributed by atoms with van der Waals surface area (Å²) in [4.78, 5) is 24.6. The Bertz CT molecular complexity index is 1040. The van der Waals surface area contributed by atoms with Crippen LogP contribution in [0.3, 0.4) is 0 Å². The molecule has 0 bridgehead atoms. The maximum absolute atomic E-state index is 12.6. The lowest BCUT2D eigenvalue weighted by Gasteiger charge is -2.20. The Labute approximate surface area is 189 Å². The number of benzene rings is 3. The van der Waals surface area contributed by atoms with Crippen LogP contribution >= 0.6 is 0 Å². The summed E-state index contributed by atoms with van der Waals surface area (Å²) in [7, 11) is 0. The van der Waals surface area contributed by atoms with Crippen LogP contribution in [0, 0.1) is 0 Å². The van der Waals surface area contributed by atoms with E-state index in [4.69, 9.17) is 10.5 Å². The fraction of sp³-hybridized carbons (Fsp3) is 0.259. The Morgan fingerprint density at radius 2 is 1.50 bits per heavy atom. The molecule has 0 radical (unpaired) electrons. The normalized spacial score (nSPS) is 12.1. The molecule has 0 saturated carbocycles. The van der Waals surface area contributed by atoms with E-state index in [0.29, 0.717) is 18.6 Å². The minimum Gasteiger partial charge on any atom is -0.489 e. The Morgan fingerprint density at radius 1 is 0.875 bits per heavy atom. The largest absolute Gasteiger partial charge is 0.489 e. The molecule has 3 rings (SSSR count). The molecule has 5 heteroatoms. The van der Waals surface area contributed by atoms with Crippen LogP contribution in [-0.2, 0) is 23.2 Å². The van der Waals surface area contributed by atoms with Crippen molar-refractivity contribution >= 4 is 11.8 Å². The summed E-state index contributed by atoms with van der Waals surface area (Å²) >= 11 is 0. The third-order valence-corrected chi connectivity index (χ3v) is 5.27. The maximum atomic E-state index is 12.6. The smallest absolute Gasteiger partial charge is 0.251 e. The summed E-state index contributed by atoms with van der Waals surface area (Å²) in [6, 6.07) is 24.0. The fourth-order valence-corrected chi connectivity index (χ4v) is 3.28. The third kappa shape index (κ3) is 6.45. The van der Waals surface area contributed by atoms with Gasteiger partial charge in [0.2, 0.25) is 5.91 Å². The molecule has 166 valence electrons. The molecule has 5 nitrogen and oxygen atoms in total. The number of nitrogens with two attached hydrogens (primary N) is 1. The second-order valence-corrected chi connectivity index (χ2v) is 8.88. The van der Waals surface area contributed by atoms with E-state index in [-0.39, 0.29) is 11.3 Å². The zero-order valence-electron chi connectivity index (χ0n) is 18.8. The van der Waals surface area contributed by atoms with E-state index in [0.717, 1.165) is 22.4 Å². The van der Waals surface area contributed by atoms with Crippen LogP contribution in [0.1, 0.15) is 47.8 Å². The van der Waals surface area contributed by atoms with Crippen molar-refractivity contribution in [2.24, 2.45) is 5.73 Å². The van der Waals surface area contributed by atoms with E-state index in [1.807, 2.05) is 66.7 Å². The van der Waals surface area contributed by atoms with Crippen molar-refractivity contribution in [2.75, 3.05) is 0 Å². The summed E-state index contributed by atoms with van der Waals surface area (Å²) in [5.74, 6) is -0.164. The highest BCUT2D eigenvalue weighted by atomic mass is 16.5. The molecule has 0 unspecified atom stereocenters. The molecule has 0 aliphatic rings. The first-order valence-electron chi connectivity index (χ1n) is 10.7. The molecule has 3 N–H and O–H groups in total. The van der Waals surface area contributed by atoms with Crippen LogP contribution in [0.5, 0.6) is 5.75 Å². The minimum absolute atomic E-state index is 0.00172. The van der Waals surface area contributed by atoms with Gasteiger partial charge in [-0.2, -0.15) is 0 Å². The second kappa shape index (κ2) is 10.1. The Morgan fingerprint density at radius 3 is 2.06 bits per heavy atom. The average Bonchev–Trinajstić information content (AvgIpc) is 2.78. The zero-order chi connectivity index (χ0) is 23.1. The van der Waals surface area contributed by atoms with E-state index < -0.39 is 11.9 Å². The van der Waals surface area contributed by atoms with Crippen LogP contribution in [0.25, 0.3) is 0 Å². The first kappa shape index (κ1) is 23.1. The van der Waals surface area contributed by atoms with Gasteiger partial charge >= 0.3 is 0 Å². The van der Waals surface area contributed by atoms with Gasteiger partial charge in [-0.1, -0.05) is 75.4 Å². The molecule has 32 heavy (non-hydrogen) atoms. The third-order valence-electron chi connectivity index (χ3n) is 5.27.